The van der Waals surface area contributed by atoms with Crippen LogP contribution in [0.5, 0.6) is 11.5 Å². The molecule has 164 valence electrons. The Morgan fingerprint density at radius 1 is 0.903 bits per heavy atom. The van der Waals surface area contributed by atoms with Crippen LogP contribution in [0.3, 0.4) is 0 Å². The minimum atomic E-state index is -3.92. The number of carbonyl (C=O) groups is 1. The van der Waals surface area contributed by atoms with Crippen LogP contribution in [-0.2, 0) is 27.8 Å². The third-order valence-corrected chi connectivity index (χ3v) is 8.13. The number of rotatable bonds is 3. The average Bonchev–Trinajstić information content (AvgIpc) is 2.83. The summed E-state index contributed by atoms with van der Waals surface area (Å²) in [6.07, 6.45) is 3.42. The Bertz CT molecular complexity index is 1090. The molecule has 5 rings (SSSR count). The molecule has 0 saturated carbocycles. The molecule has 1 saturated heterocycles. The van der Waals surface area contributed by atoms with E-state index in [0.29, 0.717) is 44.2 Å². The Morgan fingerprint density at radius 2 is 1.61 bits per heavy atom. The molecule has 1 fully saturated rings. The number of ether oxygens (including phenoxy) is 2. The van der Waals surface area contributed by atoms with E-state index in [1.165, 1.54) is 16.4 Å². The van der Waals surface area contributed by atoms with Gasteiger partial charge in [-0.05, 0) is 48.9 Å². The maximum Gasteiger partial charge on any atom is 0.244 e. The summed E-state index contributed by atoms with van der Waals surface area (Å²) in [4.78, 5) is 15.4. The van der Waals surface area contributed by atoms with E-state index in [-0.39, 0.29) is 17.3 Å². The number of carbonyl (C=O) groups excluding carboxylic acids is 1. The van der Waals surface area contributed by atoms with Crippen LogP contribution in [0.15, 0.2) is 47.4 Å². The molecule has 0 unspecified atom stereocenters. The topological polar surface area (TPSA) is 76.2 Å². The smallest absolute Gasteiger partial charge is 0.244 e. The standard InChI is InChI=1S/C23H26N2O5S/c26-23(24-10-4-1-5-11-24)20-14-17-6-2-3-7-18(17)16-25(20)31(27,28)19-8-9-21-22(15-19)30-13-12-29-21/h2-3,6-9,15,20H,1,4-5,10-14,16H2/t20-/m1/s1. The van der Waals surface area contributed by atoms with Gasteiger partial charge in [-0.15, -0.1) is 0 Å². The van der Waals surface area contributed by atoms with Gasteiger partial charge < -0.3 is 14.4 Å². The highest BCUT2D eigenvalue weighted by Gasteiger charge is 2.41. The van der Waals surface area contributed by atoms with Crippen LogP contribution in [0.1, 0.15) is 30.4 Å². The predicted octanol–water partition coefficient (Wildman–Crippen LogP) is 2.59. The van der Waals surface area contributed by atoms with Crippen LogP contribution in [0.4, 0.5) is 0 Å². The van der Waals surface area contributed by atoms with Gasteiger partial charge in [-0.1, -0.05) is 24.3 Å². The van der Waals surface area contributed by atoms with Crippen molar-refractivity contribution in [2.24, 2.45) is 0 Å². The van der Waals surface area contributed by atoms with Crippen molar-refractivity contribution >= 4 is 15.9 Å². The monoisotopic (exact) mass is 442 g/mol. The summed E-state index contributed by atoms with van der Waals surface area (Å²) in [5, 5.41) is 0. The summed E-state index contributed by atoms with van der Waals surface area (Å²) >= 11 is 0. The van der Waals surface area contributed by atoms with Crippen molar-refractivity contribution in [3.05, 3.63) is 53.6 Å². The fraction of sp³-hybridized carbons (Fsp3) is 0.435. The summed E-state index contributed by atoms with van der Waals surface area (Å²) in [6, 6.07) is 11.7. The summed E-state index contributed by atoms with van der Waals surface area (Å²) in [7, 11) is -3.92. The molecule has 0 radical (unpaired) electrons. The average molecular weight is 443 g/mol. The van der Waals surface area contributed by atoms with E-state index in [4.69, 9.17) is 9.47 Å². The molecule has 2 aromatic rings. The van der Waals surface area contributed by atoms with Crippen molar-refractivity contribution in [3.63, 3.8) is 0 Å². The fourth-order valence-electron chi connectivity index (χ4n) is 4.61. The van der Waals surface area contributed by atoms with Gasteiger partial charge in [-0.3, -0.25) is 4.79 Å². The molecule has 7 nitrogen and oxygen atoms in total. The number of benzene rings is 2. The Balaban J connectivity index is 1.52. The molecule has 0 aromatic heterocycles. The van der Waals surface area contributed by atoms with Crippen molar-refractivity contribution in [2.45, 2.75) is 43.2 Å². The first-order valence-electron chi connectivity index (χ1n) is 10.8. The van der Waals surface area contributed by atoms with Crippen LogP contribution < -0.4 is 9.47 Å². The van der Waals surface area contributed by atoms with Crippen molar-refractivity contribution in [3.8, 4) is 11.5 Å². The van der Waals surface area contributed by atoms with Gasteiger partial charge in [0.15, 0.2) is 11.5 Å². The van der Waals surface area contributed by atoms with Gasteiger partial charge in [0.25, 0.3) is 0 Å². The van der Waals surface area contributed by atoms with Crippen molar-refractivity contribution in [1.82, 2.24) is 9.21 Å². The fourth-order valence-corrected chi connectivity index (χ4v) is 6.18. The molecule has 1 atom stereocenters. The molecular formula is C23H26N2O5S. The molecule has 0 spiro atoms. The van der Waals surface area contributed by atoms with Gasteiger partial charge in [0.05, 0.1) is 4.90 Å². The number of amides is 1. The number of hydrogen-bond donors (Lipinski definition) is 0. The lowest BCUT2D eigenvalue weighted by Crippen LogP contribution is -2.54. The number of nitrogens with zero attached hydrogens (tertiary/aromatic N) is 2. The van der Waals surface area contributed by atoms with E-state index >= 15 is 0 Å². The molecule has 31 heavy (non-hydrogen) atoms. The van der Waals surface area contributed by atoms with Crippen LogP contribution >= 0.6 is 0 Å². The molecule has 3 aliphatic rings. The first kappa shape index (κ1) is 20.3. The molecule has 1 amide bonds. The SMILES string of the molecule is O=C([C@H]1Cc2ccccc2CN1S(=O)(=O)c1ccc2c(c1)OCCO2)N1CCCCC1. The molecular weight excluding hydrogens is 416 g/mol. The zero-order valence-corrected chi connectivity index (χ0v) is 18.1. The van der Waals surface area contributed by atoms with E-state index in [9.17, 15) is 13.2 Å². The maximum absolute atomic E-state index is 13.7. The second-order valence-corrected chi connectivity index (χ2v) is 10.1. The molecule has 0 aliphatic carbocycles. The Morgan fingerprint density at radius 3 is 2.39 bits per heavy atom. The molecule has 0 N–H and O–H groups in total. The Hall–Kier alpha value is -2.58. The van der Waals surface area contributed by atoms with E-state index < -0.39 is 16.1 Å². The van der Waals surface area contributed by atoms with Crippen LogP contribution in [0, 0.1) is 0 Å². The zero-order chi connectivity index (χ0) is 21.4. The van der Waals surface area contributed by atoms with E-state index in [1.807, 2.05) is 29.2 Å². The molecule has 8 heteroatoms. The Labute approximate surface area is 182 Å². The third kappa shape index (κ3) is 3.78. The number of sulfonamides is 1. The maximum atomic E-state index is 13.7. The quantitative estimate of drug-likeness (QED) is 0.730. The predicted molar refractivity (Wildman–Crippen MR) is 115 cm³/mol. The normalized spacial score (nSPS) is 21.4. The molecule has 0 bridgehead atoms. The number of likely N-dealkylation sites (tertiary alicyclic amines) is 1. The first-order chi connectivity index (χ1) is 15.0. The van der Waals surface area contributed by atoms with Gasteiger partial charge in [-0.2, -0.15) is 4.31 Å². The summed E-state index contributed by atoms with van der Waals surface area (Å²) in [5.74, 6) is 0.856. The molecule has 3 heterocycles. The Kier molecular flexibility index (Phi) is 5.35. The minimum Gasteiger partial charge on any atom is -0.486 e. The van der Waals surface area contributed by atoms with Gasteiger partial charge >= 0.3 is 0 Å². The van der Waals surface area contributed by atoms with E-state index in [2.05, 4.69) is 0 Å². The van der Waals surface area contributed by atoms with Crippen molar-refractivity contribution in [1.29, 1.82) is 0 Å². The highest BCUT2D eigenvalue weighted by molar-refractivity contribution is 7.89. The lowest BCUT2D eigenvalue weighted by atomic mass is 9.94. The van der Waals surface area contributed by atoms with Gasteiger partial charge in [0.2, 0.25) is 15.9 Å². The largest absolute Gasteiger partial charge is 0.486 e. The highest BCUT2D eigenvalue weighted by Crippen LogP contribution is 2.36. The highest BCUT2D eigenvalue weighted by atomic mass is 32.2. The minimum absolute atomic E-state index is 0.102. The first-order valence-corrected chi connectivity index (χ1v) is 12.2. The lowest BCUT2D eigenvalue weighted by molar-refractivity contribution is -0.136. The zero-order valence-electron chi connectivity index (χ0n) is 17.3. The molecule has 2 aromatic carbocycles. The van der Waals surface area contributed by atoms with Gasteiger partial charge in [0.1, 0.15) is 19.3 Å². The number of piperidine rings is 1. The van der Waals surface area contributed by atoms with Crippen LogP contribution in [-0.4, -0.2) is 55.9 Å². The lowest BCUT2D eigenvalue weighted by Gasteiger charge is -2.38. The summed E-state index contributed by atoms with van der Waals surface area (Å²) in [5.41, 5.74) is 1.97. The number of fused-ring (bicyclic) bond motifs is 2. The van der Waals surface area contributed by atoms with Gasteiger partial charge in [-0.25, -0.2) is 8.42 Å². The second-order valence-electron chi connectivity index (χ2n) is 8.23. The molecule has 3 aliphatic heterocycles. The van der Waals surface area contributed by atoms with E-state index in [0.717, 1.165) is 30.4 Å². The third-order valence-electron chi connectivity index (χ3n) is 6.28. The summed E-state index contributed by atoms with van der Waals surface area (Å²) < 4.78 is 40.0. The van der Waals surface area contributed by atoms with E-state index in [1.54, 1.807) is 6.07 Å². The van der Waals surface area contributed by atoms with Gasteiger partial charge in [0, 0.05) is 25.7 Å². The number of hydrogen-bond acceptors (Lipinski definition) is 5. The van der Waals surface area contributed by atoms with Crippen LogP contribution in [0.25, 0.3) is 0 Å². The van der Waals surface area contributed by atoms with Crippen molar-refractivity contribution in [2.75, 3.05) is 26.3 Å². The van der Waals surface area contributed by atoms with Crippen LogP contribution in [0.2, 0.25) is 0 Å². The summed E-state index contributed by atoms with van der Waals surface area (Å²) in [6.45, 7) is 2.37. The second kappa shape index (κ2) is 8.16. The van der Waals surface area contributed by atoms with Crippen molar-refractivity contribution < 1.29 is 22.7 Å².